The molecule has 1 fully saturated rings. The Balaban J connectivity index is 1.29. The molecule has 3 aromatic carbocycles. The SMILES string of the molecule is O=C(CN1CCCN(C(=O)c2ccc(F)cc2)CC1)Nc1cccc(Oc2ccccc2)c1. The molecule has 0 spiro atoms. The highest BCUT2D eigenvalue weighted by atomic mass is 19.1. The van der Waals surface area contributed by atoms with E-state index in [4.69, 9.17) is 4.74 Å². The second kappa shape index (κ2) is 10.7. The Kier molecular flexibility index (Phi) is 7.32. The summed E-state index contributed by atoms with van der Waals surface area (Å²) in [6.07, 6.45) is 0.764. The molecule has 0 aliphatic carbocycles. The van der Waals surface area contributed by atoms with Crippen molar-refractivity contribution in [2.24, 2.45) is 0 Å². The van der Waals surface area contributed by atoms with Gasteiger partial charge < -0.3 is 15.0 Å². The van der Waals surface area contributed by atoms with Crippen LogP contribution in [-0.2, 0) is 4.79 Å². The van der Waals surface area contributed by atoms with Crippen LogP contribution in [0.4, 0.5) is 10.1 Å². The van der Waals surface area contributed by atoms with Gasteiger partial charge in [-0.3, -0.25) is 14.5 Å². The van der Waals surface area contributed by atoms with E-state index >= 15 is 0 Å². The average Bonchev–Trinajstić information content (AvgIpc) is 3.05. The van der Waals surface area contributed by atoms with E-state index in [-0.39, 0.29) is 24.2 Å². The van der Waals surface area contributed by atoms with E-state index < -0.39 is 0 Å². The maximum absolute atomic E-state index is 13.1. The van der Waals surface area contributed by atoms with Crippen molar-refractivity contribution in [3.8, 4) is 11.5 Å². The summed E-state index contributed by atoms with van der Waals surface area (Å²) >= 11 is 0. The molecule has 0 saturated carbocycles. The molecular weight excluding hydrogens is 421 g/mol. The van der Waals surface area contributed by atoms with Gasteiger partial charge in [-0.05, 0) is 55.0 Å². The third-order valence-corrected chi connectivity index (χ3v) is 5.43. The Bertz CT molecular complexity index is 1090. The highest BCUT2D eigenvalue weighted by Gasteiger charge is 2.21. The van der Waals surface area contributed by atoms with E-state index in [9.17, 15) is 14.0 Å². The van der Waals surface area contributed by atoms with Crippen LogP contribution in [0, 0.1) is 5.82 Å². The molecule has 1 saturated heterocycles. The number of carbonyl (C=O) groups is 2. The van der Waals surface area contributed by atoms with Crippen molar-refractivity contribution in [1.29, 1.82) is 0 Å². The minimum atomic E-state index is -0.364. The molecule has 170 valence electrons. The van der Waals surface area contributed by atoms with Crippen molar-refractivity contribution >= 4 is 17.5 Å². The van der Waals surface area contributed by atoms with Crippen LogP contribution in [0.2, 0.25) is 0 Å². The summed E-state index contributed by atoms with van der Waals surface area (Å²) in [5.74, 6) is 0.771. The number of hydrogen-bond donors (Lipinski definition) is 1. The van der Waals surface area contributed by atoms with E-state index in [1.54, 1.807) is 11.0 Å². The highest BCUT2D eigenvalue weighted by molar-refractivity contribution is 5.94. The third kappa shape index (κ3) is 6.40. The summed E-state index contributed by atoms with van der Waals surface area (Å²) in [6.45, 7) is 2.68. The smallest absolute Gasteiger partial charge is 0.253 e. The Morgan fingerprint density at radius 3 is 2.39 bits per heavy atom. The van der Waals surface area contributed by atoms with E-state index in [2.05, 4.69) is 5.32 Å². The molecule has 0 unspecified atom stereocenters. The molecule has 1 N–H and O–H groups in total. The molecule has 2 amide bonds. The summed E-state index contributed by atoms with van der Waals surface area (Å²) in [4.78, 5) is 29.1. The topological polar surface area (TPSA) is 61.9 Å². The summed E-state index contributed by atoms with van der Waals surface area (Å²) in [5.41, 5.74) is 1.14. The number of halogens is 1. The van der Waals surface area contributed by atoms with Gasteiger partial charge in [0.05, 0.1) is 6.54 Å². The van der Waals surface area contributed by atoms with Crippen LogP contribution in [0.25, 0.3) is 0 Å². The molecule has 0 aromatic heterocycles. The lowest BCUT2D eigenvalue weighted by Gasteiger charge is -2.22. The number of para-hydroxylation sites is 1. The minimum Gasteiger partial charge on any atom is -0.457 e. The molecule has 0 radical (unpaired) electrons. The first-order valence-electron chi connectivity index (χ1n) is 11.0. The van der Waals surface area contributed by atoms with Crippen molar-refractivity contribution in [3.63, 3.8) is 0 Å². The fraction of sp³-hybridized carbons (Fsp3) is 0.231. The summed E-state index contributed by atoms with van der Waals surface area (Å²) in [7, 11) is 0. The number of ether oxygens (including phenoxy) is 1. The van der Waals surface area contributed by atoms with Crippen LogP contribution >= 0.6 is 0 Å². The van der Waals surface area contributed by atoms with Crippen LogP contribution < -0.4 is 10.1 Å². The van der Waals surface area contributed by atoms with E-state index in [0.717, 1.165) is 18.7 Å². The molecular formula is C26H26FN3O3. The fourth-order valence-corrected chi connectivity index (χ4v) is 3.77. The molecule has 4 rings (SSSR count). The van der Waals surface area contributed by atoms with Gasteiger partial charge in [0.1, 0.15) is 17.3 Å². The molecule has 1 aliphatic heterocycles. The van der Waals surface area contributed by atoms with Crippen LogP contribution in [0.1, 0.15) is 16.8 Å². The number of anilines is 1. The normalized spacial score (nSPS) is 14.4. The van der Waals surface area contributed by atoms with Gasteiger partial charge in [0, 0.05) is 43.5 Å². The van der Waals surface area contributed by atoms with E-state index in [1.807, 2.05) is 53.4 Å². The Hall–Kier alpha value is -3.71. The molecule has 1 aliphatic rings. The predicted molar refractivity (Wildman–Crippen MR) is 125 cm³/mol. The molecule has 33 heavy (non-hydrogen) atoms. The monoisotopic (exact) mass is 447 g/mol. The lowest BCUT2D eigenvalue weighted by atomic mass is 10.2. The summed E-state index contributed by atoms with van der Waals surface area (Å²) in [6, 6.07) is 22.3. The number of hydrogen-bond acceptors (Lipinski definition) is 4. The van der Waals surface area contributed by atoms with Gasteiger partial charge in [0.2, 0.25) is 5.91 Å². The maximum atomic E-state index is 13.1. The second-order valence-corrected chi connectivity index (χ2v) is 7.92. The van der Waals surface area contributed by atoms with Gasteiger partial charge in [-0.15, -0.1) is 0 Å². The zero-order chi connectivity index (χ0) is 23.0. The second-order valence-electron chi connectivity index (χ2n) is 7.92. The Labute approximate surface area is 192 Å². The Morgan fingerprint density at radius 1 is 0.848 bits per heavy atom. The van der Waals surface area contributed by atoms with Crippen molar-refractivity contribution in [3.05, 3.63) is 90.2 Å². The van der Waals surface area contributed by atoms with Gasteiger partial charge in [0.15, 0.2) is 0 Å². The zero-order valence-corrected chi connectivity index (χ0v) is 18.2. The number of nitrogens with zero attached hydrogens (tertiary/aromatic N) is 2. The van der Waals surface area contributed by atoms with Crippen LogP contribution in [0.5, 0.6) is 11.5 Å². The third-order valence-electron chi connectivity index (χ3n) is 5.43. The van der Waals surface area contributed by atoms with Gasteiger partial charge in [-0.25, -0.2) is 4.39 Å². The average molecular weight is 448 g/mol. The molecule has 7 heteroatoms. The van der Waals surface area contributed by atoms with E-state index in [0.29, 0.717) is 36.6 Å². The summed E-state index contributed by atoms with van der Waals surface area (Å²) < 4.78 is 19.0. The van der Waals surface area contributed by atoms with Crippen molar-refractivity contribution in [2.75, 3.05) is 38.0 Å². The number of nitrogens with one attached hydrogen (secondary N) is 1. The van der Waals surface area contributed by atoms with Crippen LogP contribution in [0.3, 0.4) is 0 Å². The quantitative estimate of drug-likeness (QED) is 0.608. The first kappa shape index (κ1) is 22.5. The zero-order valence-electron chi connectivity index (χ0n) is 18.2. The Morgan fingerprint density at radius 2 is 1.61 bits per heavy atom. The number of rotatable bonds is 6. The van der Waals surface area contributed by atoms with Crippen LogP contribution in [0.15, 0.2) is 78.9 Å². The van der Waals surface area contributed by atoms with Crippen molar-refractivity contribution in [2.45, 2.75) is 6.42 Å². The molecule has 1 heterocycles. The van der Waals surface area contributed by atoms with Gasteiger partial charge in [0.25, 0.3) is 5.91 Å². The van der Waals surface area contributed by atoms with Crippen molar-refractivity contribution in [1.82, 2.24) is 9.80 Å². The maximum Gasteiger partial charge on any atom is 0.253 e. The van der Waals surface area contributed by atoms with Crippen molar-refractivity contribution < 1.29 is 18.7 Å². The first-order valence-corrected chi connectivity index (χ1v) is 11.0. The van der Waals surface area contributed by atoms with Gasteiger partial charge >= 0.3 is 0 Å². The van der Waals surface area contributed by atoms with Gasteiger partial charge in [-0.1, -0.05) is 24.3 Å². The summed E-state index contributed by atoms with van der Waals surface area (Å²) in [5, 5.41) is 2.92. The molecule has 3 aromatic rings. The largest absolute Gasteiger partial charge is 0.457 e. The fourth-order valence-electron chi connectivity index (χ4n) is 3.77. The molecule has 6 nitrogen and oxygen atoms in total. The predicted octanol–water partition coefficient (Wildman–Crippen LogP) is 4.40. The lowest BCUT2D eigenvalue weighted by Crippen LogP contribution is -2.38. The lowest BCUT2D eigenvalue weighted by molar-refractivity contribution is -0.117. The van der Waals surface area contributed by atoms with Gasteiger partial charge in [-0.2, -0.15) is 0 Å². The molecule has 0 bridgehead atoms. The van der Waals surface area contributed by atoms with Crippen LogP contribution in [-0.4, -0.2) is 54.3 Å². The first-order chi connectivity index (χ1) is 16.1. The molecule has 0 atom stereocenters. The standard InChI is InChI=1S/C26H26FN3O3/c27-21-12-10-20(11-13-21)26(32)30-15-5-14-29(16-17-30)19-25(31)28-22-6-4-9-24(18-22)33-23-7-2-1-3-8-23/h1-4,6-13,18H,5,14-17,19H2,(H,28,31). The number of amides is 2. The number of carbonyl (C=O) groups excluding carboxylic acids is 2. The minimum absolute atomic E-state index is 0.114. The number of benzene rings is 3. The van der Waals surface area contributed by atoms with E-state index in [1.165, 1.54) is 24.3 Å². The highest BCUT2D eigenvalue weighted by Crippen LogP contribution is 2.23.